The van der Waals surface area contributed by atoms with Gasteiger partial charge in [-0.25, -0.2) is 0 Å². The molecule has 104 valence electrons. The summed E-state index contributed by atoms with van der Waals surface area (Å²) in [5.41, 5.74) is 1.67. The predicted octanol–water partition coefficient (Wildman–Crippen LogP) is 4.04. The summed E-state index contributed by atoms with van der Waals surface area (Å²) in [6.07, 6.45) is 0. The molecule has 0 aliphatic rings. The Kier molecular flexibility index (Phi) is 6.59. The molecule has 0 N–H and O–H groups in total. The van der Waals surface area contributed by atoms with Gasteiger partial charge in [0, 0.05) is 20.8 Å². The second-order valence-corrected chi connectivity index (χ2v) is 14.2. The van der Waals surface area contributed by atoms with Gasteiger partial charge in [-0.1, -0.05) is 41.5 Å². The predicted molar refractivity (Wildman–Crippen MR) is 77.8 cm³/mol. The molecule has 0 atom stereocenters. The number of hydrogen-bond acceptors (Lipinski definition) is 3. The fourth-order valence-corrected chi connectivity index (χ4v) is 13.1. The summed E-state index contributed by atoms with van der Waals surface area (Å²) in [6.45, 7) is 15.6. The van der Waals surface area contributed by atoms with Crippen molar-refractivity contribution in [2.45, 2.75) is 64.7 Å². The highest BCUT2D eigenvalue weighted by atomic mass is 28.5. The summed E-state index contributed by atoms with van der Waals surface area (Å²) in [6, 6.07) is 0. The van der Waals surface area contributed by atoms with Gasteiger partial charge in [-0.15, -0.1) is 0 Å². The van der Waals surface area contributed by atoms with Gasteiger partial charge in [0.15, 0.2) is 8.32 Å². The highest BCUT2D eigenvalue weighted by Gasteiger charge is 2.51. The van der Waals surface area contributed by atoms with Crippen molar-refractivity contribution in [3.63, 3.8) is 0 Å². The van der Waals surface area contributed by atoms with Crippen LogP contribution in [0.4, 0.5) is 0 Å². The Morgan fingerprint density at radius 1 is 0.706 bits per heavy atom. The highest BCUT2D eigenvalue weighted by Crippen LogP contribution is 2.44. The van der Waals surface area contributed by atoms with Crippen molar-refractivity contribution in [2.24, 2.45) is 0 Å². The molecule has 0 amide bonds. The lowest BCUT2D eigenvalue weighted by Gasteiger charge is -2.46. The van der Waals surface area contributed by atoms with Crippen molar-refractivity contribution >= 4 is 17.1 Å². The van der Waals surface area contributed by atoms with E-state index in [0.717, 1.165) is 0 Å². The summed E-state index contributed by atoms with van der Waals surface area (Å²) >= 11 is 0. The monoisotopic (exact) mass is 278 g/mol. The van der Waals surface area contributed by atoms with Crippen LogP contribution in [0.2, 0.25) is 23.2 Å². The zero-order valence-electron chi connectivity index (χ0n) is 13.0. The van der Waals surface area contributed by atoms with Crippen molar-refractivity contribution in [3.05, 3.63) is 0 Å². The van der Waals surface area contributed by atoms with Gasteiger partial charge in [-0.05, 0) is 16.6 Å². The zero-order chi connectivity index (χ0) is 13.9. The quantitative estimate of drug-likeness (QED) is 0.658. The third kappa shape index (κ3) is 3.64. The van der Waals surface area contributed by atoms with E-state index in [1.807, 2.05) is 6.55 Å². The minimum Gasteiger partial charge on any atom is -0.414 e. The maximum absolute atomic E-state index is 6.54. The Bertz CT molecular complexity index is 204. The summed E-state index contributed by atoms with van der Waals surface area (Å²) in [5.74, 6) is 0. The second kappa shape index (κ2) is 6.47. The van der Waals surface area contributed by atoms with E-state index in [1.165, 1.54) is 0 Å². The standard InChI is InChI=1S/C12H30O3Si2/c1-10(2)17(11(3)4,12(5)6)15-16(9,13-7)14-8/h10-12H,1-9H3. The van der Waals surface area contributed by atoms with Crippen LogP contribution in [0.5, 0.6) is 0 Å². The van der Waals surface area contributed by atoms with Crippen LogP contribution in [0.25, 0.3) is 0 Å². The molecular weight excluding hydrogens is 248 g/mol. The summed E-state index contributed by atoms with van der Waals surface area (Å²) in [5, 5.41) is 0. The maximum atomic E-state index is 6.54. The minimum atomic E-state index is -2.46. The van der Waals surface area contributed by atoms with Gasteiger partial charge in [0.2, 0.25) is 0 Å². The van der Waals surface area contributed by atoms with Crippen LogP contribution >= 0.6 is 0 Å². The summed E-state index contributed by atoms with van der Waals surface area (Å²) in [7, 11) is -0.972. The molecule has 0 aromatic rings. The molecule has 0 aliphatic heterocycles. The molecule has 0 aliphatic carbocycles. The first kappa shape index (κ1) is 17.3. The second-order valence-electron chi connectivity index (χ2n) is 5.69. The molecular formula is C12H30O3Si2. The lowest BCUT2D eigenvalue weighted by atomic mass is 10.5. The van der Waals surface area contributed by atoms with Gasteiger partial charge in [0.1, 0.15) is 0 Å². The van der Waals surface area contributed by atoms with E-state index in [2.05, 4.69) is 41.5 Å². The van der Waals surface area contributed by atoms with E-state index in [0.29, 0.717) is 16.6 Å². The van der Waals surface area contributed by atoms with Gasteiger partial charge in [0.25, 0.3) is 0 Å². The van der Waals surface area contributed by atoms with Crippen molar-refractivity contribution in [1.29, 1.82) is 0 Å². The van der Waals surface area contributed by atoms with Crippen LogP contribution < -0.4 is 0 Å². The topological polar surface area (TPSA) is 27.7 Å². The van der Waals surface area contributed by atoms with Crippen molar-refractivity contribution in [2.75, 3.05) is 14.2 Å². The minimum absolute atomic E-state index is 0.555. The molecule has 3 nitrogen and oxygen atoms in total. The van der Waals surface area contributed by atoms with Crippen LogP contribution in [0.1, 0.15) is 41.5 Å². The van der Waals surface area contributed by atoms with Crippen LogP contribution in [0, 0.1) is 0 Å². The maximum Gasteiger partial charge on any atom is 0.486 e. The molecule has 17 heavy (non-hydrogen) atoms. The van der Waals surface area contributed by atoms with E-state index in [9.17, 15) is 0 Å². The molecule has 0 saturated carbocycles. The van der Waals surface area contributed by atoms with Gasteiger partial charge < -0.3 is 13.0 Å². The van der Waals surface area contributed by atoms with E-state index >= 15 is 0 Å². The van der Waals surface area contributed by atoms with Crippen LogP contribution in [0.3, 0.4) is 0 Å². The smallest absolute Gasteiger partial charge is 0.414 e. The van der Waals surface area contributed by atoms with Crippen LogP contribution in [-0.4, -0.2) is 31.3 Å². The van der Waals surface area contributed by atoms with Gasteiger partial charge in [0.05, 0.1) is 0 Å². The molecule has 0 radical (unpaired) electrons. The molecule has 0 aromatic carbocycles. The summed E-state index contributed by atoms with van der Waals surface area (Å²) < 4.78 is 17.6. The average molecular weight is 279 g/mol. The van der Waals surface area contributed by atoms with E-state index in [1.54, 1.807) is 14.2 Å². The van der Waals surface area contributed by atoms with Crippen molar-refractivity contribution in [1.82, 2.24) is 0 Å². The lowest BCUT2D eigenvalue weighted by Crippen LogP contribution is -2.57. The SMILES string of the molecule is CO[Si](C)(OC)O[Si](C(C)C)(C(C)C)C(C)C. The van der Waals surface area contributed by atoms with Gasteiger partial charge in [-0.2, -0.15) is 0 Å². The Hall–Kier alpha value is 0.314. The van der Waals surface area contributed by atoms with Gasteiger partial charge >= 0.3 is 8.80 Å². The molecule has 0 aromatic heterocycles. The van der Waals surface area contributed by atoms with Crippen molar-refractivity contribution < 1.29 is 13.0 Å². The Labute approximate surface area is 109 Å². The first-order valence-electron chi connectivity index (χ1n) is 6.46. The van der Waals surface area contributed by atoms with E-state index in [4.69, 9.17) is 13.0 Å². The largest absolute Gasteiger partial charge is 0.486 e. The average Bonchev–Trinajstić information content (AvgIpc) is 2.24. The molecule has 0 bridgehead atoms. The Balaban J connectivity index is 5.32. The Morgan fingerprint density at radius 3 is 1.18 bits per heavy atom. The fourth-order valence-electron chi connectivity index (χ4n) is 2.84. The van der Waals surface area contributed by atoms with Crippen molar-refractivity contribution in [3.8, 4) is 0 Å². The number of hydrogen-bond donors (Lipinski definition) is 0. The highest BCUT2D eigenvalue weighted by molar-refractivity contribution is 6.84. The third-order valence-corrected chi connectivity index (χ3v) is 13.6. The molecule has 5 heteroatoms. The normalized spacial score (nSPS) is 14.1. The van der Waals surface area contributed by atoms with E-state index < -0.39 is 17.1 Å². The Morgan fingerprint density at radius 2 is 1.00 bits per heavy atom. The van der Waals surface area contributed by atoms with E-state index in [-0.39, 0.29) is 0 Å². The molecule has 0 fully saturated rings. The fraction of sp³-hybridized carbons (Fsp3) is 1.00. The van der Waals surface area contributed by atoms with Crippen LogP contribution in [0.15, 0.2) is 0 Å². The number of rotatable bonds is 7. The molecule has 0 heterocycles. The molecule has 0 unspecified atom stereocenters. The zero-order valence-corrected chi connectivity index (χ0v) is 15.0. The van der Waals surface area contributed by atoms with Gasteiger partial charge in [-0.3, -0.25) is 0 Å². The van der Waals surface area contributed by atoms with Crippen LogP contribution in [-0.2, 0) is 13.0 Å². The molecule has 0 saturated heterocycles. The molecule has 0 spiro atoms. The molecule has 0 rings (SSSR count). The first-order valence-corrected chi connectivity index (χ1v) is 10.8. The third-order valence-electron chi connectivity index (χ3n) is 3.81. The summed E-state index contributed by atoms with van der Waals surface area (Å²) in [4.78, 5) is 0. The lowest BCUT2D eigenvalue weighted by molar-refractivity contribution is 0.160. The first-order chi connectivity index (χ1) is 7.66.